The van der Waals surface area contributed by atoms with Crippen molar-refractivity contribution in [1.82, 2.24) is 19.6 Å². The van der Waals surface area contributed by atoms with Crippen LogP contribution in [-0.2, 0) is 12.8 Å². The lowest BCUT2D eigenvalue weighted by Gasteiger charge is -2.36. The number of rotatable bonds is 3. The Morgan fingerprint density at radius 2 is 2.11 bits per heavy atom. The molecule has 1 N–H and O–H groups in total. The molecule has 6 heteroatoms. The molecular formula is C22H24N4OS. The van der Waals surface area contributed by atoms with E-state index in [1.165, 1.54) is 23.3 Å². The summed E-state index contributed by atoms with van der Waals surface area (Å²) in [7, 11) is 0. The lowest BCUT2D eigenvalue weighted by Crippen LogP contribution is -2.28. The number of phenolic OH excluding ortho intramolecular Hbond substituents is 1. The van der Waals surface area contributed by atoms with Crippen molar-refractivity contribution in [3.8, 4) is 17.1 Å². The van der Waals surface area contributed by atoms with Gasteiger partial charge in [-0.05, 0) is 48.3 Å². The van der Waals surface area contributed by atoms with Crippen molar-refractivity contribution in [1.29, 1.82) is 0 Å². The van der Waals surface area contributed by atoms with Crippen molar-refractivity contribution in [3.63, 3.8) is 0 Å². The minimum Gasteiger partial charge on any atom is -0.507 e. The van der Waals surface area contributed by atoms with Gasteiger partial charge in [-0.25, -0.2) is 14.5 Å². The van der Waals surface area contributed by atoms with Gasteiger partial charge in [0.1, 0.15) is 16.9 Å². The molecule has 1 aliphatic carbocycles. The average Bonchev–Trinajstić information content (AvgIpc) is 3.28. The second-order valence-corrected chi connectivity index (χ2v) is 9.51. The SMILES string of the molecule is CCC(C)(C)C1CCc2c(sc3ncn4nc(-c5ccccc5O)nc4c23)C1. The number of aryl methyl sites for hydroxylation is 1. The molecule has 0 aliphatic heterocycles. The number of aromatic nitrogens is 4. The molecule has 0 fully saturated rings. The number of benzene rings is 1. The summed E-state index contributed by atoms with van der Waals surface area (Å²) in [6.07, 6.45) is 6.35. The highest BCUT2D eigenvalue weighted by molar-refractivity contribution is 7.19. The van der Waals surface area contributed by atoms with Crippen LogP contribution in [0.15, 0.2) is 30.6 Å². The Morgan fingerprint density at radius 1 is 1.29 bits per heavy atom. The number of phenols is 1. The van der Waals surface area contributed by atoms with Gasteiger partial charge < -0.3 is 5.11 Å². The van der Waals surface area contributed by atoms with Gasteiger partial charge in [0.25, 0.3) is 0 Å². The van der Waals surface area contributed by atoms with Crippen molar-refractivity contribution in [2.24, 2.45) is 11.3 Å². The van der Waals surface area contributed by atoms with Crippen molar-refractivity contribution in [2.75, 3.05) is 0 Å². The van der Waals surface area contributed by atoms with E-state index in [-0.39, 0.29) is 5.75 Å². The maximum Gasteiger partial charge on any atom is 0.185 e. The third-order valence-corrected chi connectivity index (χ3v) is 7.71. The van der Waals surface area contributed by atoms with Crippen LogP contribution in [0.25, 0.3) is 27.3 Å². The second kappa shape index (κ2) is 6.27. The molecule has 1 aliphatic rings. The smallest absolute Gasteiger partial charge is 0.185 e. The van der Waals surface area contributed by atoms with Gasteiger partial charge in [-0.3, -0.25) is 0 Å². The number of aromatic hydroxyl groups is 1. The molecule has 0 bridgehead atoms. The summed E-state index contributed by atoms with van der Waals surface area (Å²) in [4.78, 5) is 12.0. The molecule has 1 unspecified atom stereocenters. The van der Waals surface area contributed by atoms with Gasteiger partial charge in [0, 0.05) is 4.88 Å². The van der Waals surface area contributed by atoms with Gasteiger partial charge in [0.15, 0.2) is 11.5 Å². The lowest BCUT2D eigenvalue weighted by molar-refractivity contribution is 0.184. The van der Waals surface area contributed by atoms with Gasteiger partial charge in [-0.15, -0.1) is 16.4 Å². The summed E-state index contributed by atoms with van der Waals surface area (Å²) in [6.45, 7) is 7.08. The summed E-state index contributed by atoms with van der Waals surface area (Å²) in [6, 6.07) is 7.20. The first-order chi connectivity index (χ1) is 13.5. The van der Waals surface area contributed by atoms with Crippen LogP contribution in [0.1, 0.15) is 44.1 Å². The van der Waals surface area contributed by atoms with Crippen LogP contribution in [0.4, 0.5) is 0 Å². The monoisotopic (exact) mass is 392 g/mol. The molecule has 0 saturated heterocycles. The normalized spacial score (nSPS) is 17.3. The summed E-state index contributed by atoms with van der Waals surface area (Å²) in [5.74, 6) is 1.44. The zero-order valence-electron chi connectivity index (χ0n) is 16.4. The molecule has 144 valence electrons. The Hall–Kier alpha value is -2.47. The molecular weight excluding hydrogens is 368 g/mol. The number of fused-ring (bicyclic) bond motifs is 5. The number of para-hydroxylation sites is 1. The first-order valence-corrected chi connectivity index (χ1v) is 10.7. The molecule has 3 aromatic heterocycles. The third kappa shape index (κ3) is 2.62. The van der Waals surface area contributed by atoms with Crippen molar-refractivity contribution in [3.05, 3.63) is 41.0 Å². The summed E-state index contributed by atoms with van der Waals surface area (Å²) < 4.78 is 1.75. The lowest BCUT2D eigenvalue weighted by atomic mass is 9.70. The topological polar surface area (TPSA) is 63.3 Å². The fraction of sp³-hybridized carbons (Fsp3) is 0.409. The number of hydrogen-bond acceptors (Lipinski definition) is 5. The zero-order chi connectivity index (χ0) is 19.5. The molecule has 28 heavy (non-hydrogen) atoms. The molecule has 0 amide bonds. The predicted octanol–water partition coefficient (Wildman–Crippen LogP) is 5.25. The molecule has 0 saturated carbocycles. The summed E-state index contributed by atoms with van der Waals surface area (Å²) in [5, 5.41) is 15.9. The van der Waals surface area contributed by atoms with Crippen LogP contribution in [0.3, 0.4) is 0 Å². The number of nitrogens with zero attached hydrogens (tertiary/aromatic N) is 4. The first-order valence-electron chi connectivity index (χ1n) is 9.92. The Labute approximate surface area is 168 Å². The van der Waals surface area contributed by atoms with E-state index >= 15 is 0 Å². The van der Waals surface area contributed by atoms with E-state index in [9.17, 15) is 5.11 Å². The first kappa shape index (κ1) is 17.6. The van der Waals surface area contributed by atoms with E-state index in [0.717, 1.165) is 28.7 Å². The second-order valence-electron chi connectivity index (χ2n) is 8.43. The van der Waals surface area contributed by atoms with Gasteiger partial charge in [0.05, 0.1) is 10.9 Å². The molecule has 1 aromatic carbocycles. The van der Waals surface area contributed by atoms with E-state index in [2.05, 4.69) is 30.9 Å². The molecule has 0 radical (unpaired) electrons. The minimum absolute atomic E-state index is 0.194. The van der Waals surface area contributed by atoms with E-state index in [1.807, 2.05) is 23.5 Å². The summed E-state index contributed by atoms with van der Waals surface area (Å²) >= 11 is 1.81. The molecule has 4 aromatic rings. The standard InChI is InChI=1S/C22H24N4OS/c1-4-22(2,3)13-9-10-15-17(11-13)28-21-18(15)20-24-19(25-26(20)12-23-21)14-7-5-6-8-16(14)27/h5-8,12-13,27H,4,9-11H2,1-3H3. The highest BCUT2D eigenvalue weighted by Gasteiger charge is 2.33. The van der Waals surface area contributed by atoms with E-state index in [0.29, 0.717) is 22.7 Å². The fourth-order valence-corrected chi connectivity index (χ4v) is 5.57. The van der Waals surface area contributed by atoms with Crippen LogP contribution in [0.5, 0.6) is 5.75 Å². The maximum atomic E-state index is 10.2. The molecule has 0 spiro atoms. The highest BCUT2D eigenvalue weighted by Crippen LogP contribution is 2.45. The van der Waals surface area contributed by atoms with Crippen LogP contribution in [0, 0.1) is 11.3 Å². The Morgan fingerprint density at radius 3 is 2.89 bits per heavy atom. The molecule has 3 heterocycles. The Bertz CT molecular complexity index is 1190. The molecule has 5 nitrogen and oxygen atoms in total. The highest BCUT2D eigenvalue weighted by atomic mass is 32.1. The fourth-order valence-electron chi connectivity index (χ4n) is 4.31. The largest absolute Gasteiger partial charge is 0.507 e. The van der Waals surface area contributed by atoms with E-state index in [4.69, 9.17) is 4.98 Å². The van der Waals surface area contributed by atoms with Crippen LogP contribution in [-0.4, -0.2) is 24.7 Å². The Balaban J connectivity index is 1.65. The van der Waals surface area contributed by atoms with Gasteiger partial charge in [-0.1, -0.05) is 39.3 Å². The Kier molecular flexibility index (Phi) is 3.95. The third-order valence-electron chi connectivity index (χ3n) is 6.55. The number of hydrogen-bond donors (Lipinski definition) is 1. The van der Waals surface area contributed by atoms with Crippen molar-refractivity contribution in [2.45, 2.75) is 46.5 Å². The van der Waals surface area contributed by atoms with Crippen LogP contribution < -0.4 is 0 Å². The van der Waals surface area contributed by atoms with E-state index in [1.54, 1.807) is 23.0 Å². The van der Waals surface area contributed by atoms with Gasteiger partial charge in [0.2, 0.25) is 0 Å². The minimum atomic E-state index is 0.194. The average molecular weight is 393 g/mol. The van der Waals surface area contributed by atoms with Gasteiger partial charge in [-0.2, -0.15) is 0 Å². The number of thiophene rings is 1. The van der Waals surface area contributed by atoms with Gasteiger partial charge >= 0.3 is 0 Å². The zero-order valence-corrected chi connectivity index (χ0v) is 17.3. The van der Waals surface area contributed by atoms with Crippen molar-refractivity contribution < 1.29 is 5.11 Å². The van der Waals surface area contributed by atoms with Crippen molar-refractivity contribution >= 4 is 27.2 Å². The van der Waals surface area contributed by atoms with Crippen LogP contribution >= 0.6 is 11.3 Å². The summed E-state index contributed by atoms with van der Waals surface area (Å²) in [5.41, 5.74) is 3.25. The molecule has 1 atom stereocenters. The van der Waals surface area contributed by atoms with Crippen LogP contribution in [0.2, 0.25) is 0 Å². The maximum absolute atomic E-state index is 10.2. The predicted molar refractivity (Wildman–Crippen MR) is 113 cm³/mol. The molecule has 5 rings (SSSR count). The van der Waals surface area contributed by atoms with E-state index < -0.39 is 0 Å². The quantitative estimate of drug-likeness (QED) is 0.517.